The van der Waals surface area contributed by atoms with Gasteiger partial charge in [0.1, 0.15) is 5.38 Å². The number of piperidine rings is 1. The summed E-state index contributed by atoms with van der Waals surface area (Å²) < 4.78 is 24.9. The van der Waals surface area contributed by atoms with Crippen LogP contribution < -0.4 is 0 Å². The summed E-state index contributed by atoms with van der Waals surface area (Å²) in [5.41, 5.74) is 0. The van der Waals surface area contributed by atoms with Gasteiger partial charge in [0.25, 0.3) is 0 Å². The van der Waals surface area contributed by atoms with Crippen LogP contribution in [0.3, 0.4) is 0 Å². The number of carbonyl (C=O) groups excluding carboxylic acids is 1. The van der Waals surface area contributed by atoms with Crippen molar-refractivity contribution in [2.75, 3.05) is 13.1 Å². The maximum atomic E-state index is 12.5. The molecule has 15 heavy (non-hydrogen) atoms. The highest BCUT2D eigenvalue weighted by Crippen LogP contribution is 2.23. The molecule has 5 heteroatoms. The summed E-state index contributed by atoms with van der Waals surface area (Å²) in [6.45, 7) is 2.52. The Labute approximate surface area is 93.6 Å². The molecule has 0 unspecified atom stereocenters. The second-order valence-electron chi connectivity index (χ2n) is 3.90. The number of carbonyl (C=O) groups is 1. The molecule has 0 bridgehead atoms. The molecule has 1 heterocycles. The van der Waals surface area contributed by atoms with Crippen LogP contribution in [0.15, 0.2) is 0 Å². The van der Waals surface area contributed by atoms with Gasteiger partial charge in [0, 0.05) is 19.0 Å². The van der Waals surface area contributed by atoms with E-state index >= 15 is 0 Å². The topological polar surface area (TPSA) is 20.3 Å². The number of likely N-dealkylation sites (tertiary alicyclic amines) is 1. The number of amides is 1. The van der Waals surface area contributed by atoms with Gasteiger partial charge in [-0.05, 0) is 19.3 Å². The van der Waals surface area contributed by atoms with E-state index in [-0.39, 0.29) is 12.5 Å². The fraction of sp³-hybridized carbons (Fsp3) is 0.900. The van der Waals surface area contributed by atoms with Gasteiger partial charge in [-0.1, -0.05) is 6.92 Å². The molecule has 2 nitrogen and oxygen atoms in total. The van der Waals surface area contributed by atoms with Crippen molar-refractivity contribution in [3.05, 3.63) is 0 Å². The van der Waals surface area contributed by atoms with Crippen molar-refractivity contribution in [1.29, 1.82) is 0 Å². The smallest absolute Gasteiger partial charge is 0.243 e. The maximum absolute atomic E-state index is 12.5. The molecule has 0 aromatic heterocycles. The molecule has 0 aliphatic carbocycles. The molecular weight excluding hydrogens is 224 g/mol. The molecule has 1 saturated heterocycles. The highest BCUT2D eigenvalue weighted by molar-refractivity contribution is 6.30. The molecule has 0 aromatic carbocycles. The average Bonchev–Trinajstić information content (AvgIpc) is 2.27. The molecular formula is C10H16ClF2NO. The minimum atomic E-state index is -2.34. The Bertz CT molecular complexity index is 225. The first-order valence-electron chi connectivity index (χ1n) is 5.27. The largest absolute Gasteiger partial charge is 0.341 e. The minimum Gasteiger partial charge on any atom is -0.341 e. The lowest BCUT2D eigenvalue weighted by molar-refractivity contribution is -0.133. The third-order valence-corrected chi connectivity index (χ3v) is 3.25. The average molecular weight is 240 g/mol. The summed E-state index contributed by atoms with van der Waals surface area (Å²) in [5, 5.41) is -0.568. The zero-order valence-electron chi connectivity index (χ0n) is 8.76. The number of hydrogen-bond donors (Lipinski definition) is 0. The Balaban J connectivity index is 2.52. The van der Waals surface area contributed by atoms with E-state index in [0.717, 1.165) is 0 Å². The van der Waals surface area contributed by atoms with Gasteiger partial charge >= 0.3 is 0 Å². The van der Waals surface area contributed by atoms with Crippen molar-refractivity contribution in [2.24, 2.45) is 5.92 Å². The Morgan fingerprint density at radius 2 is 2.27 bits per heavy atom. The second-order valence-corrected chi connectivity index (χ2v) is 4.42. The Morgan fingerprint density at radius 3 is 2.80 bits per heavy atom. The maximum Gasteiger partial charge on any atom is 0.243 e. The monoisotopic (exact) mass is 239 g/mol. The van der Waals surface area contributed by atoms with Crippen LogP contribution in [0.1, 0.15) is 26.2 Å². The number of alkyl halides is 3. The van der Waals surface area contributed by atoms with Gasteiger partial charge in [-0.25, -0.2) is 8.78 Å². The lowest BCUT2D eigenvalue weighted by Crippen LogP contribution is -2.45. The van der Waals surface area contributed by atoms with Crippen LogP contribution in [-0.2, 0) is 4.79 Å². The highest BCUT2D eigenvalue weighted by Gasteiger charge is 2.31. The number of nitrogens with zero attached hydrogens (tertiary/aromatic N) is 1. The zero-order valence-corrected chi connectivity index (χ0v) is 9.51. The molecule has 0 aromatic rings. The van der Waals surface area contributed by atoms with Crippen LogP contribution in [-0.4, -0.2) is 35.7 Å². The molecule has 0 saturated carbocycles. The van der Waals surface area contributed by atoms with E-state index in [9.17, 15) is 13.6 Å². The molecule has 1 amide bonds. The van der Waals surface area contributed by atoms with Gasteiger partial charge in [0.05, 0.1) is 0 Å². The van der Waals surface area contributed by atoms with Crippen molar-refractivity contribution >= 4 is 17.5 Å². The molecule has 0 radical (unpaired) electrons. The second kappa shape index (κ2) is 5.64. The highest BCUT2D eigenvalue weighted by atomic mass is 35.5. The van der Waals surface area contributed by atoms with Crippen molar-refractivity contribution in [3.8, 4) is 0 Å². The van der Waals surface area contributed by atoms with Gasteiger partial charge in [0.2, 0.25) is 12.3 Å². The van der Waals surface area contributed by atoms with Gasteiger partial charge in [0.15, 0.2) is 0 Å². The summed E-state index contributed by atoms with van der Waals surface area (Å²) >= 11 is 5.80. The lowest BCUT2D eigenvalue weighted by Gasteiger charge is -2.33. The van der Waals surface area contributed by atoms with Crippen LogP contribution in [0.2, 0.25) is 0 Å². The summed E-state index contributed by atoms with van der Waals surface area (Å²) in [4.78, 5) is 13.1. The molecule has 1 aliphatic heterocycles. The molecule has 1 aliphatic rings. The quantitative estimate of drug-likeness (QED) is 0.693. The standard InChI is InChI=1S/C10H16ClF2NO/c1-2-8(11)10(15)14-5-3-4-7(6-14)9(12)13/h7-9H,2-6H2,1H3/t7-,8+/m0/s1. The third kappa shape index (κ3) is 3.30. The predicted octanol–water partition coefficient (Wildman–Crippen LogP) is 2.51. The van der Waals surface area contributed by atoms with Gasteiger partial charge in [-0.3, -0.25) is 4.79 Å². The summed E-state index contributed by atoms with van der Waals surface area (Å²) in [5.74, 6) is -0.882. The van der Waals surface area contributed by atoms with Crippen LogP contribution in [0, 0.1) is 5.92 Å². The van der Waals surface area contributed by atoms with Crippen LogP contribution in [0.25, 0.3) is 0 Å². The molecule has 1 fully saturated rings. The zero-order chi connectivity index (χ0) is 11.4. The fourth-order valence-electron chi connectivity index (χ4n) is 1.79. The van der Waals surface area contributed by atoms with Crippen molar-refractivity contribution in [3.63, 3.8) is 0 Å². The molecule has 0 N–H and O–H groups in total. The first-order valence-corrected chi connectivity index (χ1v) is 5.71. The summed E-state index contributed by atoms with van der Waals surface area (Å²) in [6.07, 6.45) is -0.652. The summed E-state index contributed by atoms with van der Waals surface area (Å²) in [7, 11) is 0. The summed E-state index contributed by atoms with van der Waals surface area (Å²) in [6, 6.07) is 0. The normalized spacial score (nSPS) is 24.3. The van der Waals surface area contributed by atoms with E-state index in [4.69, 9.17) is 11.6 Å². The Morgan fingerprint density at radius 1 is 1.60 bits per heavy atom. The Hall–Kier alpha value is -0.380. The van der Waals surface area contributed by atoms with Crippen LogP contribution in [0.4, 0.5) is 8.78 Å². The van der Waals surface area contributed by atoms with E-state index in [1.165, 1.54) is 4.90 Å². The van der Waals surface area contributed by atoms with E-state index in [1.807, 2.05) is 6.92 Å². The molecule has 1 rings (SSSR count). The van der Waals surface area contributed by atoms with Crippen LogP contribution in [0.5, 0.6) is 0 Å². The Kier molecular flexibility index (Phi) is 4.77. The fourth-order valence-corrected chi connectivity index (χ4v) is 1.93. The van der Waals surface area contributed by atoms with Gasteiger partial charge in [-0.15, -0.1) is 11.6 Å². The van der Waals surface area contributed by atoms with E-state index in [1.54, 1.807) is 0 Å². The molecule has 0 spiro atoms. The van der Waals surface area contributed by atoms with E-state index in [0.29, 0.717) is 25.8 Å². The lowest BCUT2D eigenvalue weighted by atomic mass is 9.98. The van der Waals surface area contributed by atoms with Crippen LogP contribution >= 0.6 is 11.6 Å². The van der Waals surface area contributed by atoms with Crippen molar-refractivity contribution in [2.45, 2.75) is 38.0 Å². The van der Waals surface area contributed by atoms with Crippen molar-refractivity contribution < 1.29 is 13.6 Å². The first-order chi connectivity index (χ1) is 7.06. The first kappa shape index (κ1) is 12.7. The predicted molar refractivity (Wildman–Crippen MR) is 55.2 cm³/mol. The number of halogens is 3. The number of rotatable bonds is 3. The SMILES string of the molecule is CC[C@@H](Cl)C(=O)N1CCC[C@H](C(F)F)C1. The third-order valence-electron chi connectivity index (χ3n) is 2.75. The number of hydrogen-bond acceptors (Lipinski definition) is 1. The van der Waals surface area contributed by atoms with Crippen molar-refractivity contribution in [1.82, 2.24) is 4.90 Å². The van der Waals surface area contributed by atoms with E-state index in [2.05, 4.69) is 0 Å². The minimum absolute atomic E-state index is 0.152. The van der Waals surface area contributed by atoms with E-state index < -0.39 is 17.7 Å². The molecule has 2 atom stereocenters. The molecule has 88 valence electrons. The van der Waals surface area contributed by atoms with Gasteiger partial charge < -0.3 is 4.90 Å². The van der Waals surface area contributed by atoms with Gasteiger partial charge in [-0.2, -0.15) is 0 Å².